The van der Waals surface area contributed by atoms with Crippen molar-refractivity contribution >= 4 is 11.6 Å². The van der Waals surface area contributed by atoms with Gasteiger partial charge >= 0.3 is 0 Å². The maximum atomic E-state index is 6.03. The van der Waals surface area contributed by atoms with Crippen LogP contribution in [-0.2, 0) is 11.2 Å². The Kier molecular flexibility index (Phi) is 5.04. The Morgan fingerprint density at radius 2 is 2.00 bits per heavy atom. The van der Waals surface area contributed by atoms with Crippen molar-refractivity contribution in [2.45, 2.75) is 71.4 Å². The van der Waals surface area contributed by atoms with Gasteiger partial charge in [-0.1, -0.05) is 20.8 Å². The van der Waals surface area contributed by atoms with E-state index in [1.807, 2.05) is 13.8 Å². The highest BCUT2D eigenvalue weighted by Crippen LogP contribution is 2.33. The lowest BCUT2D eigenvalue weighted by Gasteiger charge is -2.40. The minimum absolute atomic E-state index is 0.00990. The van der Waals surface area contributed by atoms with Gasteiger partial charge in [-0.25, -0.2) is 9.97 Å². The summed E-state index contributed by atoms with van der Waals surface area (Å²) in [5.41, 5.74) is 6.94. The lowest BCUT2D eigenvalue weighted by atomic mass is 9.86. The molecular weight excluding hydrogens is 264 g/mol. The number of nitrogens with zero attached hydrogens (tertiary/aromatic N) is 2. The molecule has 1 atom stereocenters. The number of nitrogens with two attached hydrogens (primary N) is 1. The third-order valence-corrected chi connectivity index (χ3v) is 4.67. The van der Waals surface area contributed by atoms with E-state index in [9.17, 15) is 0 Å². The minimum Gasteiger partial charge on any atom is -0.383 e. The van der Waals surface area contributed by atoms with E-state index in [0.29, 0.717) is 11.9 Å². The Labute approximate surface area is 127 Å². The maximum Gasteiger partial charge on any atom is 0.134 e. The molecule has 2 rings (SSSR count). The first-order valence-corrected chi connectivity index (χ1v) is 8.07. The summed E-state index contributed by atoms with van der Waals surface area (Å²) in [6.45, 7) is 9.23. The number of nitrogens with one attached hydrogen (secondary N) is 1. The Bertz CT molecular complexity index is 485. The molecule has 0 saturated carbocycles. The van der Waals surface area contributed by atoms with Crippen molar-refractivity contribution in [3.05, 3.63) is 11.4 Å². The van der Waals surface area contributed by atoms with E-state index in [-0.39, 0.29) is 5.60 Å². The SMILES string of the molecule is CCc1nc(N)c(C)c(NC2CCOC(CC)(CC)C2)n1. The van der Waals surface area contributed by atoms with Crippen LogP contribution in [-0.4, -0.2) is 28.2 Å². The van der Waals surface area contributed by atoms with Gasteiger partial charge in [-0.2, -0.15) is 0 Å². The maximum absolute atomic E-state index is 6.03. The molecule has 5 heteroatoms. The van der Waals surface area contributed by atoms with Gasteiger partial charge in [-0.15, -0.1) is 0 Å². The van der Waals surface area contributed by atoms with Gasteiger partial charge in [-0.3, -0.25) is 0 Å². The molecule has 0 spiro atoms. The lowest BCUT2D eigenvalue weighted by molar-refractivity contribution is -0.0864. The van der Waals surface area contributed by atoms with Gasteiger partial charge < -0.3 is 15.8 Å². The van der Waals surface area contributed by atoms with E-state index in [1.54, 1.807) is 0 Å². The molecule has 1 aliphatic rings. The summed E-state index contributed by atoms with van der Waals surface area (Å²) in [5.74, 6) is 2.26. The zero-order valence-electron chi connectivity index (χ0n) is 13.7. The van der Waals surface area contributed by atoms with Crippen LogP contribution in [0.1, 0.15) is 57.8 Å². The summed E-state index contributed by atoms with van der Waals surface area (Å²) >= 11 is 0. The monoisotopic (exact) mass is 292 g/mol. The minimum atomic E-state index is 0.00990. The van der Waals surface area contributed by atoms with Gasteiger partial charge in [-0.05, 0) is 32.6 Å². The molecule has 1 unspecified atom stereocenters. The fourth-order valence-corrected chi connectivity index (χ4v) is 2.97. The topological polar surface area (TPSA) is 73.1 Å². The molecule has 1 fully saturated rings. The first-order chi connectivity index (χ1) is 10.0. The number of aromatic nitrogens is 2. The Hall–Kier alpha value is -1.36. The largest absolute Gasteiger partial charge is 0.383 e. The first-order valence-electron chi connectivity index (χ1n) is 8.07. The second kappa shape index (κ2) is 6.60. The molecule has 0 radical (unpaired) electrons. The summed E-state index contributed by atoms with van der Waals surface area (Å²) in [6, 6.07) is 0.386. The molecule has 0 aromatic carbocycles. The fourth-order valence-electron chi connectivity index (χ4n) is 2.97. The number of hydrogen-bond donors (Lipinski definition) is 2. The van der Waals surface area contributed by atoms with Gasteiger partial charge in [0.05, 0.1) is 5.60 Å². The molecule has 3 N–H and O–H groups in total. The summed E-state index contributed by atoms with van der Waals surface area (Å²) in [4.78, 5) is 8.91. The van der Waals surface area contributed by atoms with Crippen LogP contribution in [0.5, 0.6) is 0 Å². The van der Waals surface area contributed by atoms with Crippen LogP contribution in [0.2, 0.25) is 0 Å². The predicted molar refractivity (Wildman–Crippen MR) is 86.5 cm³/mol. The molecule has 118 valence electrons. The van der Waals surface area contributed by atoms with Crippen LogP contribution < -0.4 is 11.1 Å². The van der Waals surface area contributed by atoms with Crippen molar-refractivity contribution in [1.29, 1.82) is 0 Å². The summed E-state index contributed by atoms with van der Waals surface area (Å²) in [5, 5.41) is 3.58. The van der Waals surface area contributed by atoms with Gasteiger partial charge in [0, 0.05) is 24.6 Å². The van der Waals surface area contributed by atoms with Gasteiger partial charge in [0.1, 0.15) is 17.5 Å². The number of nitrogen functional groups attached to an aromatic ring is 1. The smallest absolute Gasteiger partial charge is 0.134 e. The number of ether oxygens (including phenoxy) is 1. The molecule has 5 nitrogen and oxygen atoms in total. The second-order valence-electron chi connectivity index (χ2n) is 5.92. The standard InChI is InChI=1S/C16H28N4O/c1-5-13-19-14(17)11(4)15(20-13)18-12-8-9-21-16(6-2,7-3)10-12/h12H,5-10H2,1-4H3,(H3,17,18,19,20). The average molecular weight is 292 g/mol. The average Bonchev–Trinajstić information content (AvgIpc) is 2.51. The van der Waals surface area contributed by atoms with Crippen LogP contribution in [0.3, 0.4) is 0 Å². The second-order valence-corrected chi connectivity index (χ2v) is 5.92. The number of hydrogen-bond acceptors (Lipinski definition) is 5. The Morgan fingerprint density at radius 1 is 1.29 bits per heavy atom. The van der Waals surface area contributed by atoms with E-state index in [4.69, 9.17) is 10.5 Å². The van der Waals surface area contributed by atoms with Gasteiger partial charge in [0.25, 0.3) is 0 Å². The molecule has 2 heterocycles. The molecule has 21 heavy (non-hydrogen) atoms. The van der Waals surface area contributed by atoms with Crippen LogP contribution in [0.15, 0.2) is 0 Å². The van der Waals surface area contributed by atoms with E-state index in [1.165, 1.54) is 0 Å². The quantitative estimate of drug-likeness (QED) is 0.872. The Morgan fingerprint density at radius 3 is 2.62 bits per heavy atom. The van der Waals surface area contributed by atoms with Crippen LogP contribution in [0.25, 0.3) is 0 Å². The molecule has 0 aliphatic carbocycles. The molecule has 1 aromatic rings. The molecular formula is C16H28N4O. The molecule has 1 aromatic heterocycles. The zero-order valence-corrected chi connectivity index (χ0v) is 13.7. The Balaban J connectivity index is 2.16. The number of aryl methyl sites for hydroxylation is 1. The highest BCUT2D eigenvalue weighted by Gasteiger charge is 2.34. The summed E-state index contributed by atoms with van der Waals surface area (Å²) < 4.78 is 6.03. The van der Waals surface area contributed by atoms with Crippen molar-refractivity contribution in [3.8, 4) is 0 Å². The third-order valence-electron chi connectivity index (χ3n) is 4.67. The van der Waals surface area contributed by atoms with Gasteiger partial charge in [0.2, 0.25) is 0 Å². The normalized spacial score (nSPS) is 21.2. The highest BCUT2D eigenvalue weighted by molar-refractivity contribution is 5.55. The van der Waals surface area contributed by atoms with Crippen molar-refractivity contribution in [2.24, 2.45) is 0 Å². The van der Waals surface area contributed by atoms with E-state index in [2.05, 4.69) is 29.1 Å². The van der Waals surface area contributed by atoms with Crippen molar-refractivity contribution in [2.75, 3.05) is 17.7 Å². The van der Waals surface area contributed by atoms with Crippen molar-refractivity contribution in [1.82, 2.24) is 9.97 Å². The van der Waals surface area contributed by atoms with Crippen LogP contribution >= 0.6 is 0 Å². The highest BCUT2D eigenvalue weighted by atomic mass is 16.5. The molecule has 1 aliphatic heterocycles. The lowest BCUT2D eigenvalue weighted by Crippen LogP contribution is -2.43. The summed E-state index contributed by atoms with van der Waals surface area (Å²) in [6.07, 6.45) is 4.91. The van der Waals surface area contributed by atoms with Crippen molar-refractivity contribution < 1.29 is 4.74 Å². The van der Waals surface area contributed by atoms with Gasteiger partial charge in [0.15, 0.2) is 0 Å². The number of anilines is 2. The van der Waals surface area contributed by atoms with E-state index < -0.39 is 0 Å². The van der Waals surface area contributed by atoms with Crippen molar-refractivity contribution in [3.63, 3.8) is 0 Å². The van der Waals surface area contributed by atoms with E-state index in [0.717, 1.165) is 55.9 Å². The predicted octanol–water partition coefficient (Wildman–Crippen LogP) is 3.08. The molecule has 1 saturated heterocycles. The molecule has 0 bridgehead atoms. The van der Waals surface area contributed by atoms with Crippen LogP contribution in [0.4, 0.5) is 11.6 Å². The van der Waals surface area contributed by atoms with E-state index >= 15 is 0 Å². The third kappa shape index (κ3) is 3.46. The zero-order chi connectivity index (χ0) is 15.5. The van der Waals surface area contributed by atoms with Crippen LogP contribution in [0, 0.1) is 6.92 Å². The summed E-state index contributed by atoms with van der Waals surface area (Å²) in [7, 11) is 0. The first kappa shape index (κ1) is 16.0. The fraction of sp³-hybridized carbons (Fsp3) is 0.750. The number of rotatable bonds is 5. The molecule has 0 amide bonds.